The van der Waals surface area contributed by atoms with Gasteiger partial charge in [-0.2, -0.15) is 0 Å². The Labute approximate surface area is 105 Å². The molecule has 2 atom stereocenters. The van der Waals surface area contributed by atoms with Gasteiger partial charge in [-0.25, -0.2) is 0 Å². The molecule has 0 aromatic heterocycles. The van der Waals surface area contributed by atoms with E-state index in [1.54, 1.807) is 11.1 Å². The first-order valence-electron chi connectivity index (χ1n) is 7.19. The second kappa shape index (κ2) is 4.72. The summed E-state index contributed by atoms with van der Waals surface area (Å²) in [5, 5.41) is 3.50. The standard InChI is InChI=1S/C16H23N/c1-12-4-2-5-13(10-12)14-7-8-16-15(11-14)6-3-9-17-16/h7-8,11-13,17H,2-6,9-10H2,1H3. The predicted octanol–water partition coefficient (Wildman–Crippen LogP) is 4.34. The maximum atomic E-state index is 3.50. The van der Waals surface area contributed by atoms with Crippen LogP contribution in [-0.2, 0) is 6.42 Å². The molecule has 2 aliphatic rings. The van der Waals surface area contributed by atoms with Crippen LogP contribution < -0.4 is 5.32 Å². The van der Waals surface area contributed by atoms with E-state index in [0.717, 1.165) is 18.4 Å². The lowest BCUT2D eigenvalue weighted by molar-refractivity contribution is 0.344. The van der Waals surface area contributed by atoms with Gasteiger partial charge in [-0.1, -0.05) is 31.9 Å². The summed E-state index contributed by atoms with van der Waals surface area (Å²) in [5.41, 5.74) is 4.52. The molecule has 1 aliphatic carbocycles. The maximum absolute atomic E-state index is 3.50. The molecule has 1 nitrogen and oxygen atoms in total. The van der Waals surface area contributed by atoms with Crippen molar-refractivity contribution in [3.63, 3.8) is 0 Å². The molecule has 0 saturated heterocycles. The molecule has 0 amide bonds. The molecule has 2 unspecified atom stereocenters. The Morgan fingerprint density at radius 3 is 3.00 bits per heavy atom. The van der Waals surface area contributed by atoms with E-state index in [1.165, 1.54) is 44.2 Å². The minimum Gasteiger partial charge on any atom is -0.385 e. The number of aryl methyl sites for hydroxylation is 1. The molecule has 1 heterocycles. The topological polar surface area (TPSA) is 12.0 Å². The number of benzene rings is 1. The van der Waals surface area contributed by atoms with Crippen LogP contribution in [-0.4, -0.2) is 6.54 Å². The molecule has 1 fully saturated rings. The van der Waals surface area contributed by atoms with E-state index in [2.05, 4.69) is 30.4 Å². The zero-order chi connectivity index (χ0) is 11.7. The minimum atomic E-state index is 0.825. The highest BCUT2D eigenvalue weighted by atomic mass is 14.9. The van der Waals surface area contributed by atoms with Gasteiger partial charge in [0.1, 0.15) is 0 Å². The second-order valence-electron chi connectivity index (χ2n) is 5.92. The van der Waals surface area contributed by atoms with Gasteiger partial charge in [-0.15, -0.1) is 0 Å². The number of rotatable bonds is 1. The summed E-state index contributed by atoms with van der Waals surface area (Å²) >= 11 is 0. The third-order valence-electron chi connectivity index (χ3n) is 4.48. The highest BCUT2D eigenvalue weighted by Crippen LogP contribution is 2.37. The normalized spacial score (nSPS) is 28.3. The smallest absolute Gasteiger partial charge is 0.0372 e. The molecule has 1 aromatic rings. The fourth-order valence-electron chi connectivity index (χ4n) is 3.49. The molecule has 1 aromatic carbocycles. The molecular formula is C16H23N. The Hall–Kier alpha value is -0.980. The second-order valence-corrected chi connectivity index (χ2v) is 5.92. The maximum Gasteiger partial charge on any atom is 0.0372 e. The first kappa shape index (κ1) is 11.1. The van der Waals surface area contributed by atoms with Gasteiger partial charge in [-0.3, -0.25) is 0 Å². The van der Waals surface area contributed by atoms with Crippen LogP contribution >= 0.6 is 0 Å². The van der Waals surface area contributed by atoms with Crippen molar-refractivity contribution < 1.29 is 0 Å². The predicted molar refractivity (Wildman–Crippen MR) is 73.6 cm³/mol. The first-order valence-corrected chi connectivity index (χ1v) is 7.19. The molecule has 0 bridgehead atoms. The summed E-state index contributed by atoms with van der Waals surface area (Å²) in [4.78, 5) is 0. The van der Waals surface area contributed by atoms with Gasteiger partial charge < -0.3 is 5.32 Å². The highest BCUT2D eigenvalue weighted by Gasteiger charge is 2.21. The van der Waals surface area contributed by atoms with Crippen molar-refractivity contribution in [1.82, 2.24) is 0 Å². The minimum absolute atomic E-state index is 0.825. The van der Waals surface area contributed by atoms with E-state index in [0.29, 0.717) is 0 Å². The van der Waals surface area contributed by atoms with Crippen LogP contribution in [0.15, 0.2) is 18.2 Å². The SMILES string of the molecule is CC1CCCC(c2ccc3c(c2)CCCN3)C1. The summed E-state index contributed by atoms with van der Waals surface area (Å²) in [6.45, 7) is 3.55. The van der Waals surface area contributed by atoms with Crippen molar-refractivity contribution >= 4 is 5.69 Å². The van der Waals surface area contributed by atoms with Crippen molar-refractivity contribution in [2.75, 3.05) is 11.9 Å². The lowest BCUT2D eigenvalue weighted by atomic mass is 9.78. The molecular weight excluding hydrogens is 206 g/mol. The van der Waals surface area contributed by atoms with Gasteiger partial charge in [-0.05, 0) is 54.7 Å². The third-order valence-corrected chi connectivity index (χ3v) is 4.48. The van der Waals surface area contributed by atoms with Gasteiger partial charge in [0.2, 0.25) is 0 Å². The molecule has 0 spiro atoms. The fraction of sp³-hybridized carbons (Fsp3) is 0.625. The number of anilines is 1. The van der Waals surface area contributed by atoms with Gasteiger partial charge in [0, 0.05) is 12.2 Å². The van der Waals surface area contributed by atoms with E-state index < -0.39 is 0 Å². The van der Waals surface area contributed by atoms with Gasteiger partial charge in [0.05, 0.1) is 0 Å². The molecule has 92 valence electrons. The number of fused-ring (bicyclic) bond motifs is 1. The summed E-state index contributed by atoms with van der Waals surface area (Å²) in [5.74, 6) is 1.74. The number of hydrogen-bond acceptors (Lipinski definition) is 1. The molecule has 17 heavy (non-hydrogen) atoms. The van der Waals surface area contributed by atoms with Gasteiger partial charge in [0.25, 0.3) is 0 Å². The Morgan fingerprint density at radius 2 is 2.12 bits per heavy atom. The Balaban J connectivity index is 1.83. The van der Waals surface area contributed by atoms with Crippen molar-refractivity contribution in [2.45, 2.75) is 51.4 Å². The zero-order valence-corrected chi connectivity index (χ0v) is 10.8. The van der Waals surface area contributed by atoms with Crippen LogP contribution in [0.1, 0.15) is 56.1 Å². The third kappa shape index (κ3) is 2.34. The average Bonchev–Trinajstić information content (AvgIpc) is 2.38. The monoisotopic (exact) mass is 229 g/mol. The van der Waals surface area contributed by atoms with Crippen LogP contribution in [0.4, 0.5) is 5.69 Å². The first-order chi connectivity index (χ1) is 8.33. The van der Waals surface area contributed by atoms with E-state index >= 15 is 0 Å². The lowest BCUT2D eigenvalue weighted by Crippen LogP contribution is -2.14. The van der Waals surface area contributed by atoms with Crippen molar-refractivity contribution in [1.29, 1.82) is 0 Å². The molecule has 3 rings (SSSR count). The molecule has 1 aliphatic heterocycles. The van der Waals surface area contributed by atoms with Crippen molar-refractivity contribution in [2.24, 2.45) is 5.92 Å². The average molecular weight is 229 g/mol. The molecule has 1 heteroatoms. The van der Waals surface area contributed by atoms with Crippen LogP contribution in [0.5, 0.6) is 0 Å². The number of nitrogens with one attached hydrogen (secondary N) is 1. The summed E-state index contributed by atoms with van der Waals surface area (Å²) in [6.07, 6.45) is 8.20. The van der Waals surface area contributed by atoms with Crippen LogP contribution in [0.3, 0.4) is 0 Å². The van der Waals surface area contributed by atoms with E-state index in [-0.39, 0.29) is 0 Å². The Kier molecular flexibility index (Phi) is 3.09. The van der Waals surface area contributed by atoms with Crippen LogP contribution in [0.2, 0.25) is 0 Å². The van der Waals surface area contributed by atoms with Gasteiger partial charge in [0.15, 0.2) is 0 Å². The van der Waals surface area contributed by atoms with E-state index in [1.807, 2.05) is 0 Å². The van der Waals surface area contributed by atoms with Crippen molar-refractivity contribution in [3.05, 3.63) is 29.3 Å². The van der Waals surface area contributed by atoms with Crippen LogP contribution in [0, 0.1) is 5.92 Å². The number of hydrogen-bond donors (Lipinski definition) is 1. The largest absolute Gasteiger partial charge is 0.385 e. The highest BCUT2D eigenvalue weighted by molar-refractivity contribution is 5.54. The Morgan fingerprint density at radius 1 is 1.18 bits per heavy atom. The fourth-order valence-corrected chi connectivity index (χ4v) is 3.49. The summed E-state index contributed by atoms with van der Waals surface area (Å²) < 4.78 is 0. The summed E-state index contributed by atoms with van der Waals surface area (Å²) in [6, 6.07) is 7.15. The molecule has 0 radical (unpaired) electrons. The quantitative estimate of drug-likeness (QED) is 0.755. The zero-order valence-electron chi connectivity index (χ0n) is 10.8. The van der Waals surface area contributed by atoms with E-state index in [4.69, 9.17) is 0 Å². The summed E-state index contributed by atoms with van der Waals surface area (Å²) in [7, 11) is 0. The molecule has 1 N–H and O–H groups in total. The van der Waals surface area contributed by atoms with Gasteiger partial charge >= 0.3 is 0 Å². The Bertz CT molecular complexity index is 397. The lowest BCUT2D eigenvalue weighted by Gasteiger charge is -2.28. The van der Waals surface area contributed by atoms with E-state index in [9.17, 15) is 0 Å². The van der Waals surface area contributed by atoms with Crippen LogP contribution in [0.25, 0.3) is 0 Å². The molecule has 1 saturated carbocycles. The van der Waals surface area contributed by atoms with Crippen molar-refractivity contribution in [3.8, 4) is 0 Å².